The summed E-state index contributed by atoms with van der Waals surface area (Å²) in [4.78, 5) is 10.2. The second-order valence-corrected chi connectivity index (χ2v) is 3.77. The first kappa shape index (κ1) is 11.2. The quantitative estimate of drug-likeness (QED) is 0.574. The fourth-order valence-electron chi connectivity index (χ4n) is 1.81. The van der Waals surface area contributed by atoms with Crippen molar-refractivity contribution in [2.24, 2.45) is 5.73 Å². The maximum Gasteiger partial charge on any atom is 0.328 e. The molecule has 0 spiro atoms. The third kappa shape index (κ3) is 4.39. The van der Waals surface area contributed by atoms with Crippen molar-refractivity contribution in [3.63, 3.8) is 0 Å². The summed E-state index contributed by atoms with van der Waals surface area (Å²) in [5.41, 5.74) is 5.83. The number of carboxylic acids is 1. The number of hydrogen-bond donors (Lipinski definition) is 3. The number of nitrogens with two attached hydrogens (primary N) is 1. The maximum absolute atomic E-state index is 10.2. The summed E-state index contributed by atoms with van der Waals surface area (Å²) in [6, 6.07) is 0.766. The first-order valence-corrected chi connectivity index (χ1v) is 5.07. The Hall–Kier alpha value is -0.870. The van der Waals surface area contributed by atoms with E-state index in [1.165, 1.54) is 6.42 Å². The molecule has 0 amide bonds. The average molecular weight is 198 g/mol. The molecule has 14 heavy (non-hydrogen) atoms. The van der Waals surface area contributed by atoms with Crippen molar-refractivity contribution in [2.75, 3.05) is 6.54 Å². The Bertz CT molecular complexity index is 216. The summed E-state index contributed by atoms with van der Waals surface area (Å²) < 4.78 is 0. The van der Waals surface area contributed by atoms with Gasteiger partial charge in [0.15, 0.2) is 0 Å². The Kier molecular flexibility index (Phi) is 4.62. The Morgan fingerprint density at radius 1 is 1.57 bits per heavy atom. The van der Waals surface area contributed by atoms with Crippen molar-refractivity contribution in [1.82, 2.24) is 5.32 Å². The summed E-state index contributed by atoms with van der Waals surface area (Å²) in [5.74, 6) is -0.896. The molecule has 1 saturated carbocycles. The molecule has 0 aliphatic heterocycles. The van der Waals surface area contributed by atoms with Crippen LogP contribution in [0.1, 0.15) is 25.7 Å². The average Bonchev–Trinajstić information content (AvgIpc) is 2.12. The molecule has 1 aliphatic rings. The molecule has 0 aromatic carbocycles. The van der Waals surface area contributed by atoms with Crippen LogP contribution in [0.3, 0.4) is 0 Å². The summed E-state index contributed by atoms with van der Waals surface area (Å²) in [7, 11) is 0. The minimum atomic E-state index is -0.896. The largest absolute Gasteiger partial charge is 0.478 e. The monoisotopic (exact) mass is 198 g/mol. The van der Waals surface area contributed by atoms with Crippen molar-refractivity contribution < 1.29 is 9.90 Å². The molecule has 0 bridgehead atoms. The molecular formula is C10H18N2O2. The predicted octanol–water partition coefficient (Wildman–Crippen LogP) is 0.487. The predicted molar refractivity (Wildman–Crippen MR) is 55.0 cm³/mol. The molecule has 1 fully saturated rings. The highest BCUT2D eigenvalue weighted by molar-refractivity contribution is 5.79. The van der Waals surface area contributed by atoms with Gasteiger partial charge in [-0.25, -0.2) is 4.79 Å². The van der Waals surface area contributed by atoms with E-state index in [0.717, 1.165) is 25.3 Å². The first-order valence-electron chi connectivity index (χ1n) is 5.07. The highest BCUT2D eigenvalue weighted by Crippen LogP contribution is 2.16. The van der Waals surface area contributed by atoms with E-state index in [1.54, 1.807) is 6.08 Å². The molecule has 4 heteroatoms. The van der Waals surface area contributed by atoms with Crippen LogP contribution >= 0.6 is 0 Å². The lowest BCUT2D eigenvalue weighted by molar-refractivity contribution is -0.131. The van der Waals surface area contributed by atoms with Crippen LogP contribution in [0.2, 0.25) is 0 Å². The van der Waals surface area contributed by atoms with Crippen molar-refractivity contribution in [1.29, 1.82) is 0 Å². The Morgan fingerprint density at radius 3 is 3.00 bits per heavy atom. The Labute approximate surface area is 84.2 Å². The molecule has 0 aromatic heterocycles. The molecular weight excluding hydrogens is 180 g/mol. The van der Waals surface area contributed by atoms with E-state index in [1.807, 2.05) is 0 Å². The molecule has 1 aliphatic carbocycles. The zero-order valence-corrected chi connectivity index (χ0v) is 8.28. The summed E-state index contributed by atoms with van der Waals surface area (Å²) in [5, 5.41) is 11.6. The minimum absolute atomic E-state index is 0.310. The van der Waals surface area contributed by atoms with Gasteiger partial charge >= 0.3 is 5.97 Å². The zero-order chi connectivity index (χ0) is 10.4. The van der Waals surface area contributed by atoms with Gasteiger partial charge in [0.05, 0.1) is 0 Å². The lowest BCUT2D eigenvalue weighted by Gasteiger charge is -2.26. The standard InChI is InChI=1S/C10H18N2O2/c11-8-3-1-4-9(7-8)12-6-2-5-10(13)14/h2,5,8-9,12H,1,3-4,6-7,11H2,(H,13,14)/b5-2+/t8-,9+/m1/s1. The van der Waals surface area contributed by atoms with Crippen LogP contribution in [0.25, 0.3) is 0 Å². The van der Waals surface area contributed by atoms with Gasteiger partial charge in [-0.3, -0.25) is 0 Å². The SMILES string of the molecule is N[C@@H]1CCC[C@H](NC/C=C/C(=O)O)C1. The zero-order valence-electron chi connectivity index (χ0n) is 8.28. The van der Waals surface area contributed by atoms with Crippen LogP contribution in [-0.2, 0) is 4.79 Å². The van der Waals surface area contributed by atoms with Gasteiger partial charge < -0.3 is 16.2 Å². The summed E-state index contributed by atoms with van der Waals surface area (Å²) in [6.45, 7) is 0.615. The van der Waals surface area contributed by atoms with Crippen LogP contribution in [0, 0.1) is 0 Å². The fourth-order valence-corrected chi connectivity index (χ4v) is 1.81. The number of nitrogens with one attached hydrogen (secondary N) is 1. The maximum atomic E-state index is 10.2. The Morgan fingerprint density at radius 2 is 2.36 bits per heavy atom. The highest BCUT2D eigenvalue weighted by Gasteiger charge is 2.17. The fraction of sp³-hybridized carbons (Fsp3) is 0.700. The van der Waals surface area contributed by atoms with Gasteiger partial charge in [0.1, 0.15) is 0 Å². The van der Waals surface area contributed by atoms with Crippen molar-refractivity contribution in [3.05, 3.63) is 12.2 Å². The Balaban J connectivity index is 2.14. The molecule has 0 aromatic rings. The third-order valence-corrected chi connectivity index (χ3v) is 2.50. The molecule has 0 radical (unpaired) electrons. The first-order chi connectivity index (χ1) is 6.68. The lowest BCUT2D eigenvalue weighted by atomic mass is 9.92. The van der Waals surface area contributed by atoms with Crippen molar-refractivity contribution in [3.8, 4) is 0 Å². The molecule has 4 nitrogen and oxygen atoms in total. The molecule has 0 heterocycles. The van der Waals surface area contributed by atoms with Gasteiger partial charge in [-0.1, -0.05) is 12.5 Å². The normalized spacial score (nSPS) is 28.1. The van der Waals surface area contributed by atoms with Crippen molar-refractivity contribution in [2.45, 2.75) is 37.8 Å². The molecule has 4 N–H and O–H groups in total. The molecule has 1 rings (SSSR count). The number of carbonyl (C=O) groups is 1. The number of rotatable bonds is 4. The lowest BCUT2D eigenvalue weighted by Crippen LogP contribution is -2.39. The number of aliphatic carboxylic acids is 1. The molecule has 0 saturated heterocycles. The van der Waals surface area contributed by atoms with Crippen molar-refractivity contribution >= 4 is 5.97 Å². The molecule has 80 valence electrons. The smallest absolute Gasteiger partial charge is 0.328 e. The number of hydrogen-bond acceptors (Lipinski definition) is 3. The van der Waals surface area contributed by atoms with Gasteiger partial charge in [0.25, 0.3) is 0 Å². The van der Waals surface area contributed by atoms with Gasteiger partial charge in [0, 0.05) is 24.7 Å². The van der Waals surface area contributed by atoms with Crippen LogP contribution in [0.4, 0.5) is 0 Å². The third-order valence-electron chi connectivity index (χ3n) is 2.50. The van der Waals surface area contributed by atoms with E-state index in [0.29, 0.717) is 18.6 Å². The van der Waals surface area contributed by atoms with E-state index in [4.69, 9.17) is 10.8 Å². The highest BCUT2D eigenvalue weighted by atomic mass is 16.4. The summed E-state index contributed by atoms with van der Waals surface area (Å²) >= 11 is 0. The summed E-state index contributed by atoms with van der Waals surface area (Å²) in [6.07, 6.45) is 7.22. The molecule has 2 atom stereocenters. The molecule has 0 unspecified atom stereocenters. The van der Waals surface area contributed by atoms with E-state index in [2.05, 4.69) is 5.32 Å². The van der Waals surface area contributed by atoms with Crippen LogP contribution < -0.4 is 11.1 Å². The number of carboxylic acid groups (broad SMARTS) is 1. The van der Waals surface area contributed by atoms with Crippen LogP contribution in [0.5, 0.6) is 0 Å². The van der Waals surface area contributed by atoms with Crippen LogP contribution in [0.15, 0.2) is 12.2 Å². The van der Waals surface area contributed by atoms with E-state index >= 15 is 0 Å². The van der Waals surface area contributed by atoms with E-state index in [9.17, 15) is 4.79 Å². The van der Waals surface area contributed by atoms with Gasteiger partial charge in [-0.2, -0.15) is 0 Å². The van der Waals surface area contributed by atoms with E-state index < -0.39 is 5.97 Å². The van der Waals surface area contributed by atoms with Gasteiger partial charge in [-0.15, -0.1) is 0 Å². The van der Waals surface area contributed by atoms with Gasteiger partial charge in [0.2, 0.25) is 0 Å². The van der Waals surface area contributed by atoms with Crippen LogP contribution in [-0.4, -0.2) is 29.7 Å². The van der Waals surface area contributed by atoms with E-state index in [-0.39, 0.29) is 0 Å². The second kappa shape index (κ2) is 5.78. The topological polar surface area (TPSA) is 75.3 Å². The second-order valence-electron chi connectivity index (χ2n) is 3.77. The van der Waals surface area contributed by atoms with Gasteiger partial charge in [-0.05, 0) is 19.3 Å². The minimum Gasteiger partial charge on any atom is -0.478 e.